The average Bonchev–Trinajstić information content (AvgIpc) is 2.78. The zero-order valence-electron chi connectivity index (χ0n) is 11.3. The van der Waals surface area contributed by atoms with Crippen LogP contribution in [0.1, 0.15) is 31.9 Å². The molecule has 0 spiro atoms. The molecule has 106 valence electrons. The van der Waals surface area contributed by atoms with E-state index < -0.39 is 5.97 Å². The van der Waals surface area contributed by atoms with E-state index in [0.717, 1.165) is 31.1 Å². The van der Waals surface area contributed by atoms with Crippen LogP contribution >= 0.6 is 11.3 Å². The Bertz CT molecular complexity index is 414. The third-order valence-electron chi connectivity index (χ3n) is 3.34. The van der Waals surface area contributed by atoms with Gasteiger partial charge in [0.15, 0.2) is 5.13 Å². The molecule has 19 heavy (non-hydrogen) atoms. The minimum absolute atomic E-state index is 0.00707. The van der Waals surface area contributed by atoms with Gasteiger partial charge in [-0.15, -0.1) is 11.3 Å². The van der Waals surface area contributed by atoms with Crippen LogP contribution in [0.4, 0.5) is 5.13 Å². The molecule has 0 radical (unpaired) electrons. The molecule has 1 aliphatic rings. The van der Waals surface area contributed by atoms with Crippen molar-refractivity contribution in [3.8, 4) is 0 Å². The van der Waals surface area contributed by atoms with Crippen molar-refractivity contribution >= 4 is 22.4 Å². The minimum atomic E-state index is -0.829. The molecule has 2 heterocycles. The Hall–Kier alpha value is -1.14. The molecular weight excluding hydrogens is 262 g/mol. The Morgan fingerprint density at radius 3 is 2.95 bits per heavy atom. The molecule has 1 aromatic rings. The van der Waals surface area contributed by atoms with Crippen molar-refractivity contribution in [1.82, 2.24) is 9.88 Å². The molecule has 2 rings (SSSR count). The van der Waals surface area contributed by atoms with Crippen LogP contribution in [-0.4, -0.2) is 46.6 Å². The van der Waals surface area contributed by atoms with Crippen molar-refractivity contribution in [2.75, 3.05) is 25.0 Å². The van der Waals surface area contributed by atoms with Gasteiger partial charge in [-0.05, 0) is 25.8 Å². The van der Waals surface area contributed by atoms with E-state index in [1.165, 1.54) is 24.3 Å². The fourth-order valence-electron chi connectivity index (χ4n) is 2.40. The normalized spacial score (nSPS) is 17.5. The summed E-state index contributed by atoms with van der Waals surface area (Å²) in [4.78, 5) is 17.4. The van der Waals surface area contributed by atoms with Crippen LogP contribution in [0.3, 0.4) is 0 Å². The highest BCUT2D eigenvalue weighted by atomic mass is 32.1. The number of thiazole rings is 1. The molecule has 5 nitrogen and oxygen atoms in total. The number of rotatable bonds is 6. The van der Waals surface area contributed by atoms with E-state index in [1.807, 2.05) is 5.38 Å². The van der Waals surface area contributed by atoms with Crippen molar-refractivity contribution < 1.29 is 9.90 Å². The average molecular weight is 283 g/mol. The van der Waals surface area contributed by atoms with Gasteiger partial charge < -0.3 is 15.3 Å². The molecule has 1 fully saturated rings. The third-order valence-corrected chi connectivity index (χ3v) is 4.16. The molecule has 6 heteroatoms. The standard InChI is InChI=1S/C13H21N3O2S/c1-2-5-16-6-3-10(4-7-16)14-13-15-11(9-19-13)8-12(17)18/h9-10H,2-8H2,1H3,(H,14,15)(H,17,18). The first-order chi connectivity index (χ1) is 9.17. The summed E-state index contributed by atoms with van der Waals surface area (Å²) in [6.07, 6.45) is 3.48. The first-order valence-electron chi connectivity index (χ1n) is 6.82. The van der Waals surface area contributed by atoms with E-state index in [4.69, 9.17) is 5.11 Å². The molecule has 0 atom stereocenters. The number of carbonyl (C=O) groups is 1. The first kappa shape index (κ1) is 14.3. The lowest BCUT2D eigenvalue weighted by molar-refractivity contribution is -0.136. The number of carboxylic acid groups (broad SMARTS) is 1. The Morgan fingerprint density at radius 1 is 1.58 bits per heavy atom. The largest absolute Gasteiger partial charge is 0.481 e. The summed E-state index contributed by atoms with van der Waals surface area (Å²) in [5.74, 6) is -0.829. The second-order valence-corrected chi connectivity index (χ2v) is 5.83. The second kappa shape index (κ2) is 6.86. The van der Waals surface area contributed by atoms with E-state index in [-0.39, 0.29) is 6.42 Å². The lowest BCUT2D eigenvalue weighted by atomic mass is 10.1. The van der Waals surface area contributed by atoms with Crippen molar-refractivity contribution in [1.29, 1.82) is 0 Å². The van der Waals surface area contributed by atoms with Gasteiger partial charge >= 0.3 is 5.97 Å². The Morgan fingerprint density at radius 2 is 2.32 bits per heavy atom. The van der Waals surface area contributed by atoms with E-state index >= 15 is 0 Å². The molecule has 1 aliphatic heterocycles. The van der Waals surface area contributed by atoms with Gasteiger partial charge in [0, 0.05) is 24.5 Å². The molecule has 0 bridgehead atoms. The highest BCUT2D eigenvalue weighted by Gasteiger charge is 2.19. The summed E-state index contributed by atoms with van der Waals surface area (Å²) in [5, 5.41) is 14.8. The van der Waals surface area contributed by atoms with Crippen LogP contribution in [0.2, 0.25) is 0 Å². The van der Waals surface area contributed by atoms with Gasteiger partial charge in [0.05, 0.1) is 12.1 Å². The van der Waals surface area contributed by atoms with Gasteiger partial charge in [-0.3, -0.25) is 4.79 Å². The number of likely N-dealkylation sites (tertiary alicyclic amines) is 1. The zero-order valence-corrected chi connectivity index (χ0v) is 12.1. The molecule has 1 aromatic heterocycles. The number of carboxylic acids is 1. The molecule has 0 aromatic carbocycles. The summed E-state index contributed by atoms with van der Waals surface area (Å²) in [6, 6.07) is 0.469. The summed E-state index contributed by atoms with van der Waals surface area (Å²) in [6.45, 7) is 5.67. The molecule has 0 saturated carbocycles. The number of aliphatic carboxylic acids is 1. The van der Waals surface area contributed by atoms with Gasteiger partial charge in [-0.1, -0.05) is 6.92 Å². The highest BCUT2D eigenvalue weighted by molar-refractivity contribution is 7.13. The van der Waals surface area contributed by atoms with Gasteiger partial charge in [0.1, 0.15) is 0 Å². The Kier molecular flexibility index (Phi) is 5.15. The summed E-state index contributed by atoms with van der Waals surface area (Å²) in [5.41, 5.74) is 0.642. The maximum Gasteiger partial charge on any atom is 0.309 e. The van der Waals surface area contributed by atoms with Crippen molar-refractivity contribution in [2.24, 2.45) is 0 Å². The molecule has 0 amide bonds. The van der Waals surface area contributed by atoms with E-state index in [2.05, 4.69) is 22.1 Å². The molecular formula is C13H21N3O2S. The summed E-state index contributed by atoms with van der Waals surface area (Å²) >= 11 is 1.50. The van der Waals surface area contributed by atoms with Gasteiger partial charge in [0.25, 0.3) is 0 Å². The summed E-state index contributed by atoms with van der Waals surface area (Å²) < 4.78 is 0. The van der Waals surface area contributed by atoms with Crippen LogP contribution in [-0.2, 0) is 11.2 Å². The number of anilines is 1. The van der Waals surface area contributed by atoms with Crippen LogP contribution in [0, 0.1) is 0 Å². The van der Waals surface area contributed by atoms with Crippen molar-refractivity contribution in [2.45, 2.75) is 38.6 Å². The zero-order chi connectivity index (χ0) is 13.7. The number of aromatic nitrogens is 1. The SMILES string of the molecule is CCCN1CCC(Nc2nc(CC(=O)O)cs2)CC1. The lowest BCUT2D eigenvalue weighted by Gasteiger charge is -2.31. The lowest BCUT2D eigenvalue weighted by Crippen LogP contribution is -2.39. The van der Waals surface area contributed by atoms with Gasteiger partial charge in [-0.25, -0.2) is 4.98 Å². The molecule has 0 aliphatic carbocycles. The number of hydrogen-bond donors (Lipinski definition) is 2. The van der Waals surface area contributed by atoms with Crippen LogP contribution in [0.15, 0.2) is 5.38 Å². The smallest absolute Gasteiger partial charge is 0.309 e. The first-order valence-corrected chi connectivity index (χ1v) is 7.70. The highest BCUT2D eigenvalue weighted by Crippen LogP contribution is 2.20. The molecule has 0 unspecified atom stereocenters. The van der Waals surface area contributed by atoms with Crippen LogP contribution in [0.25, 0.3) is 0 Å². The van der Waals surface area contributed by atoms with Gasteiger partial charge in [0.2, 0.25) is 0 Å². The summed E-state index contributed by atoms with van der Waals surface area (Å²) in [7, 11) is 0. The van der Waals surface area contributed by atoms with E-state index in [9.17, 15) is 4.79 Å². The fraction of sp³-hybridized carbons (Fsp3) is 0.692. The Balaban J connectivity index is 1.79. The molecule has 1 saturated heterocycles. The van der Waals surface area contributed by atoms with E-state index in [1.54, 1.807) is 0 Å². The fourth-order valence-corrected chi connectivity index (χ4v) is 3.19. The quantitative estimate of drug-likeness (QED) is 0.836. The third kappa shape index (κ3) is 4.47. The Labute approximate surface area is 117 Å². The predicted molar refractivity (Wildman–Crippen MR) is 76.8 cm³/mol. The van der Waals surface area contributed by atoms with Crippen LogP contribution in [0.5, 0.6) is 0 Å². The van der Waals surface area contributed by atoms with Crippen molar-refractivity contribution in [3.63, 3.8) is 0 Å². The molecule has 2 N–H and O–H groups in total. The number of piperidine rings is 1. The van der Waals surface area contributed by atoms with E-state index in [0.29, 0.717) is 11.7 Å². The predicted octanol–water partition coefficient (Wildman–Crippen LogP) is 2.06. The maximum atomic E-state index is 10.6. The minimum Gasteiger partial charge on any atom is -0.481 e. The topological polar surface area (TPSA) is 65.5 Å². The second-order valence-electron chi connectivity index (χ2n) is 4.97. The van der Waals surface area contributed by atoms with Crippen molar-refractivity contribution in [3.05, 3.63) is 11.1 Å². The van der Waals surface area contributed by atoms with Gasteiger partial charge in [-0.2, -0.15) is 0 Å². The number of nitrogens with one attached hydrogen (secondary N) is 1. The number of nitrogens with zero attached hydrogens (tertiary/aromatic N) is 2. The monoisotopic (exact) mass is 283 g/mol. The number of hydrogen-bond acceptors (Lipinski definition) is 5. The van der Waals surface area contributed by atoms with Crippen LogP contribution < -0.4 is 5.32 Å². The maximum absolute atomic E-state index is 10.6.